The molecule has 2 aromatic heterocycles. The van der Waals surface area contributed by atoms with Gasteiger partial charge in [0, 0.05) is 24.8 Å². The molecule has 5 heteroatoms. The summed E-state index contributed by atoms with van der Waals surface area (Å²) >= 11 is 13.2. The van der Waals surface area contributed by atoms with E-state index in [2.05, 4.69) is 9.97 Å². The summed E-state index contributed by atoms with van der Waals surface area (Å²) in [4.78, 5) is 8.28. The summed E-state index contributed by atoms with van der Waals surface area (Å²) < 4.78 is 6.08. The first kappa shape index (κ1) is 19.4. The van der Waals surface area contributed by atoms with Crippen molar-refractivity contribution in [3.63, 3.8) is 0 Å². The van der Waals surface area contributed by atoms with Crippen LogP contribution in [0.5, 0.6) is 11.5 Å². The van der Waals surface area contributed by atoms with Crippen LogP contribution in [0.2, 0.25) is 0 Å². The second-order valence-electron chi connectivity index (χ2n) is 6.54. The van der Waals surface area contributed by atoms with Gasteiger partial charge in [0.15, 0.2) is 0 Å². The van der Waals surface area contributed by atoms with Gasteiger partial charge in [0.25, 0.3) is 0 Å². The molecule has 0 radical (unpaired) electrons. The quantitative estimate of drug-likeness (QED) is 0.317. The molecule has 144 valence electrons. The van der Waals surface area contributed by atoms with E-state index in [4.69, 9.17) is 27.9 Å². The molecule has 3 nitrogen and oxygen atoms in total. The summed E-state index contributed by atoms with van der Waals surface area (Å²) in [5.41, 5.74) is 3.77. The fourth-order valence-electron chi connectivity index (χ4n) is 3.04. The van der Waals surface area contributed by atoms with Crippen molar-refractivity contribution in [2.45, 2.75) is 10.8 Å². The molecule has 0 spiro atoms. The van der Waals surface area contributed by atoms with E-state index < -0.39 is 0 Å². The Labute approximate surface area is 179 Å². The minimum Gasteiger partial charge on any atom is -0.457 e. The van der Waals surface area contributed by atoms with Crippen LogP contribution in [-0.4, -0.2) is 9.97 Å². The van der Waals surface area contributed by atoms with Crippen LogP contribution in [-0.2, 0) is 0 Å². The summed E-state index contributed by atoms with van der Waals surface area (Å²) in [7, 11) is 0. The Bertz CT molecular complexity index is 987. The number of aromatic nitrogens is 2. The van der Waals surface area contributed by atoms with Crippen molar-refractivity contribution in [2.24, 2.45) is 0 Å². The number of hydrogen-bond donors (Lipinski definition) is 0. The number of benzene rings is 2. The monoisotopic (exact) mass is 420 g/mol. The number of nitrogens with zero attached hydrogens (tertiary/aromatic N) is 2. The first-order chi connectivity index (χ1) is 14.2. The maximum Gasteiger partial charge on any atom is 0.127 e. The Morgan fingerprint density at radius 3 is 1.45 bits per heavy atom. The highest BCUT2D eigenvalue weighted by Crippen LogP contribution is 2.34. The lowest BCUT2D eigenvalue weighted by Gasteiger charge is -2.14. The summed E-state index contributed by atoms with van der Waals surface area (Å²) in [5.74, 6) is 1.42. The lowest BCUT2D eigenvalue weighted by molar-refractivity contribution is 0.481. The molecular weight excluding hydrogens is 403 g/mol. The number of pyridine rings is 2. The highest BCUT2D eigenvalue weighted by Gasteiger charge is 2.14. The molecule has 0 aliphatic carbocycles. The number of rotatable bonds is 6. The van der Waals surface area contributed by atoms with Gasteiger partial charge < -0.3 is 4.74 Å². The second-order valence-corrected chi connectivity index (χ2v) is 7.42. The summed E-state index contributed by atoms with van der Waals surface area (Å²) in [6, 6.07) is 23.2. The van der Waals surface area contributed by atoms with E-state index in [9.17, 15) is 0 Å². The summed E-state index contributed by atoms with van der Waals surface area (Å²) in [6.45, 7) is 0. The van der Waals surface area contributed by atoms with Gasteiger partial charge in [-0.25, -0.2) is 0 Å². The SMILES string of the molecule is ClC(c1cccnc1)c1cccc(Oc2cccc(C(Cl)c3cccnc3)c2)c1. The Balaban J connectivity index is 1.54. The van der Waals surface area contributed by atoms with Crippen LogP contribution in [0.1, 0.15) is 33.0 Å². The minimum absolute atomic E-state index is 0.295. The normalized spacial score (nSPS) is 12.9. The van der Waals surface area contributed by atoms with E-state index in [1.54, 1.807) is 24.8 Å². The second kappa shape index (κ2) is 9.08. The van der Waals surface area contributed by atoms with Gasteiger partial charge in [-0.05, 0) is 58.7 Å². The molecule has 0 aliphatic rings. The van der Waals surface area contributed by atoms with Gasteiger partial charge in [-0.3, -0.25) is 9.97 Å². The number of alkyl halides is 2. The molecule has 2 heterocycles. The van der Waals surface area contributed by atoms with E-state index in [0.29, 0.717) is 11.5 Å². The van der Waals surface area contributed by atoms with Crippen LogP contribution < -0.4 is 4.74 Å². The highest BCUT2D eigenvalue weighted by atomic mass is 35.5. The van der Waals surface area contributed by atoms with Crippen molar-refractivity contribution in [3.05, 3.63) is 120 Å². The number of hydrogen-bond acceptors (Lipinski definition) is 3. The Kier molecular flexibility index (Phi) is 6.09. The van der Waals surface area contributed by atoms with Gasteiger partial charge in [0.1, 0.15) is 11.5 Å². The maximum atomic E-state index is 6.62. The third kappa shape index (κ3) is 4.76. The zero-order valence-corrected chi connectivity index (χ0v) is 17.0. The molecule has 0 saturated carbocycles. The van der Waals surface area contributed by atoms with Gasteiger partial charge in [0.05, 0.1) is 10.8 Å². The zero-order valence-electron chi connectivity index (χ0n) is 15.5. The van der Waals surface area contributed by atoms with Gasteiger partial charge in [-0.2, -0.15) is 0 Å². The van der Waals surface area contributed by atoms with Crippen molar-refractivity contribution in [1.82, 2.24) is 9.97 Å². The first-order valence-electron chi connectivity index (χ1n) is 9.16. The summed E-state index contributed by atoms with van der Waals surface area (Å²) in [6.07, 6.45) is 7.01. The predicted molar refractivity (Wildman–Crippen MR) is 117 cm³/mol. The van der Waals surface area contributed by atoms with Crippen molar-refractivity contribution in [1.29, 1.82) is 0 Å². The molecule has 2 atom stereocenters. The largest absolute Gasteiger partial charge is 0.457 e. The molecule has 0 bridgehead atoms. The van der Waals surface area contributed by atoms with Crippen molar-refractivity contribution >= 4 is 23.2 Å². The van der Waals surface area contributed by atoms with Gasteiger partial charge in [0.2, 0.25) is 0 Å². The van der Waals surface area contributed by atoms with Crippen molar-refractivity contribution in [3.8, 4) is 11.5 Å². The third-order valence-electron chi connectivity index (χ3n) is 4.49. The van der Waals surface area contributed by atoms with Crippen LogP contribution in [0, 0.1) is 0 Å². The molecule has 0 saturated heterocycles. The smallest absolute Gasteiger partial charge is 0.127 e. The van der Waals surface area contributed by atoms with Crippen LogP contribution in [0.4, 0.5) is 0 Å². The Morgan fingerprint density at radius 1 is 0.586 bits per heavy atom. The number of ether oxygens (including phenoxy) is 1. The van der Waals surface area contributed by atoms with Crippen LogP contribution in [0.15, 0.2) is 97.6 Å². The molecule has 0 N–H and O–H groups in total. The van der Waals surface area contributed by atoms with Gasteiger partial charge >= 0.3 is 0 Å². The zero-order chi connectivity index (χ0) is 20.1. The number of halogens is 2. The Hall–Kier alpha value is -2.88. The molecule has 2 aromatic carbocycles. The van der Waals surface area contributed by atoms with Crippen LogP contribution >= 0.6 is 23.2 Å². The molecule has 2 unspecified atom stereocenters. The molecule has 0 amide bonds. The lowest BCUT2D eigenvalue weighted by Crippen LogP contribution is -1.96. The standard InChI is InChI=1S/C24H18Cl2N2O/c25-23(19-7-3-11-27-15-19)17-5-1-9-21(13-17)29-22-10-2-6-18(14-22)24(26)20-8-4-12-28-16-20/h1-16,23-24H. The van der Waals surface area contributed by atoms with Crippen molar-refractivity contribution < 1.29 is 4.74 Å². The van der Waals surface area contributed by atoms with E-state index in [-0.39, 0.29) is 10.8 Å². The van der Waals surface area contributed by atoms with E-state index in [0.717, 1.165) is 22.3 Å². The average molecular weight is 421 g/mol. The average Bonchev–Trinajstić information content (AvgIpc) is 2.79. The van der Waals surface area contributed by atoms with E-state index in [1.807, 2.05) is 72.8 Å². The first-order valence-corrected chi connectivity index (χ1v) is 10.0. The highest BCUT2D eigenvalue weighted by molar-refractivity contribution is 6.22. The van der Waals surface area contributed by atoms with E-state index in [1.165, 1.54) is 0 Å². The molecule has 0 aliphatic heterocycles. The fourth-order valence-corrected chi connectivity index (χ4v) is 3.57. The molecule has 29 heavy (non-hydrogen) atoms. The molecule has 4 aromatic rings. The summed E-state index contributed by atoms with van der Waals surface area (Å²) in [5, 5.41) is -0.590. The molecule has 4 rings (SSSR count). The van der Waals surface area contributed by atoms with Crippen LogP contribution in [0.3, 0.4) is 0 Å². The minimum atomic E-state index is -0.295. The van der Waals surface area contributed by atoms with E-state index >= 15 is 0 Å². The van der Waals surface area contributed by atoms with Crippen LogP contribution in [0.25, 0.3) is 0 Å². The molecule has 0 fully saturated rings. The van der Waals surface area contributed by atoms with Gasteiger partial charge in [-0.1, -0.05) is 36.4 Å². The van der Waals surface area contributed by atoms with Crippen molar-refractivity contribution in [2.75, 3.05) is 0 Å². The van der Waals surface area contributed by atoms with Gasteiger partial charge in [-0.15, -0.1) is 23.2 Å². The fraction of sp³-hybridized carbons (Fsp3) is 0.0833. The third-order valence-corrected chi connectivity index (χ3v) is 5.50. The lowest BCUT2D eigenvalue weighted by atomic mass is 10.1. The maximum absolute atomic E-state index is 6.62. The predicted octanol–water partition coefficient (Wildman–Crippen LogP) is 6.93. The Morgan fingerprint density at radius 2 is 1.03 bits per heavy atom. The topological polar surface area (TPSA) is 35.0 Å². The molecular formula is C24H18Cl2N2O.